The molecule has 4 heteroatoms. The number of rotatable bonds is 1. The largest absolute Gasteiger partial charge is 0.508 e. The van der Waals surface area contributed by atoms with Crippen molar-refractivity contribution in [1.82, 2.24) is 5.32 Å². The average molecular weight is 244 g/mol. The third-order valence-corrected chi connectivity index (χ3v) is 3.26. The fraction of sp³-hybridized carbons (Fsp3) is 0.500. The number of hydrogen-bond donors (Lipinski definition) is 3. The maximum Gasteiger partial charge on any atom is 0.115 e. The first-order valence-corrected chi connectivity index (χ1v) is 5.35. The Balaban J connectivity index is 0.00000128. The van der Waals surface area contributed by atoms with Gasteiger partial charge in [0.05, 0.1) is 11.6 Å². The van der Waals surface area contributed by atoms with E-state index in [1.165, 1.54) is 0 Å². The number of nitrogens with one attached hydrogen (secondary N) is 1. The molecule has 0 bridgehead atoms. The molecule has 2 unspecified atom stereocenters. The van der Waals surface area contributed by atoms with Crippen molar-refractivity contribution in [3.63, 3.8) is 0 Å². The molecule has 0 saturated carbocycles. The first kappa shape index (κ1) is 13.3. The molecule has 0 amide bonds. The minimum Gasteiger partial charge on any atom is -0.508 e. The second-order valence-corrected chi connectivity index (χ2v) is 4.34. The van der Waals surface area contributed by atoms with E-state index in [2.05, 4.69) is 5.32 Å². The van der Waals surface area contributed by atoms with Gasteiger partial charge in [0.25, 0.3) is 0 Å². The molecule has 1 saturated heterocycles. The Morgan fingerprint density at radius 2 is 2.19 bits per heavy atom. The molecule has 90 valence electrons. The maximum atomic E-state index is 10.0. The standard InChI is InChI=1S/C12H17NO2.ClH/c1-12(11(15)6-3-7-13-12)9-4-2-5-10(14)8-9;/h2,4-5,8,11,13-15H,3,6-7H2,1H3;1H. The van der Waals surface area contributed by atoms with Crippen LogP contribution in [0.1, 0.15) is 25.3 Å². The predicted molar refractivity (Wildman–Crippen MR) is 66.0 cm³/mol. The van der Waals surface area contributed by atoms with Gasteiger partial charge in [-0.25, -0.2) is 0 Å². The fourth-order valence-electron chi connectivity index (χ4n) is 2.17. The van der Waals surface area contributed by atoms with E-state index < -0.39 is 11.6 Å². The quantitative estimate of drug-likeness (QED) is 0.705. The van der Waals surface area contributed by atoms with Crippen molar-refractivity contribution < 1.29 is 10.2 Å². The van der Waals surface area contributed by atoms with Crippen molar-refractivity contribution in [2.24, 2.45) is 0 Å². The van der Waals surface area contributed by atoms with E-state index in [9.17, 15) is 10.2 Å². The first-order chi connectivity index (χ1) is 7.13. The number of hydrogen-bond acceptors (Lipinski definition) is 3. The minimum absolute atomic E-state index is 0. The molecule has 3 N–H and O–H groups in total. The molecule has 16 heavy (non-hydrogen) atoms. The molecule has 1 aromatic rings. The van der Waals surface area contributed by atoms with Crippen LogP contribution in [0.25, 0.3) is 0 Å². The Morgan fingerprint density at radius 1 is 1.44 bits per heavy atom. The van der Waals surface area contributed by atoms with E-state index >= 15 is 0 Å². The minimum atomic E-state index is -0.434. The SMILES string of the molecule is CC1(c2cccc(O)c2)NCCCC1O.Cl. The monoisotopic (exact) mass is 243 g/mol. The molecule has 3 nitrogen and oxygen atoms in total. The van der Waals surface area contributed by atoms with Crippen LogP contribution in [0.15, 0.2) is 24.3 Å². The van der Waals surface area contributed by atoms with Gasteiger partial charge >= 0.3 is 0 Å². The van der Waals surface area contributed by atoms with Crippen molar-refractivity contribution in [3.05, 3.63) is 29.8 Å². The van der Waals surface area contributed by atoms with Crippen LogP contribution in [-0.4, -0.2) is 22.9 Å². The Bertz CT molecular complexity index is 359. The number of aliphatic hydroxyl groups is 1. The van der Waals surface area contributed by atoms with Crippen molar-refractivity contribution in [1.29, 1.82) is 0 Å². The third kappa shape index (κ3) is 2.32. The lowest BCUT2D eigenvalue weighted by Gasteiger charge is -2.40. The molecular formula is C12H18ClNO2. The fourth-order valence-corrected chi connectivity index (χ4v) is 2.17. The zero-order chi connectivity index (χ0) is 10.9. The van der Waals surface area contributed by atoms with Crippen molar-refractivity contribution in [3.8, 4) is 5.75 Å². The van der Waals surface area contributed by atoms with Crippen LogP contribution in [0.4, 0.5) is 0 Å². The van der Waals surface area contributed by atoms with Gasteiger partial charge in [0.2, 0.25) is 0 Å². The molecule has 1 heterocycles. The Hall–Kier alpha value is -0.770. The van der Waals surface area contributed by atoms with Crippen LogP contribution in [-0.2, 0) is 5.54 Å². The third-order valence-electron chi connectivity index (χ3n) is 3.26. The molecule has 0 aliphatic carbocycles. The first-order valence-electron chi connectivity index (χ1n) is 5.35. The predicted octanol–water partition coefficient (Wildman–Crippen LogP) is 1.77. The lowest BCUT2D eigenvalue weighted by atomic mass is 9.81. The van der Waals surface area contributed by atoms with Crippen LogP contribution in [0.3, 0.4) is 0 Å². The van der Waals surface area contributed by atoms with Gasteiger partial charge < -0.3 is 15.5 Å². The summed E-state index contributed by atoms with van der Waals surface area (Å²) in [5.41, 5.74) is 0.506. The van der Waals surface area contributed by atoms with Crippen LogP contribution in [0.2, 0.25) is 0 Å². The van der Waals surface area contributed by atoms with Gasteiger partial charge in [0.1, 0.15) is 5.75 Å². The Morgan fingerprint density at radius 3 is 2.81 bits per heavy atom. The lowest BCUT2D eigenvalue weighted by molar-refractivity contribution is 0.0384. The lowest BCUT2D eigenvalue weighted by Crippen LogP contribution is -2.53. The van der Waals surface area contributed by atoms with Gasteiger partial charge in [-0.3, -0.25) is 0 Å². The molecule has 2 atom stereocenters. The van der Waals surface area contributed by atoms with Gasteiger partial charge in [0, 0.05) is 0 Å². The zero-order valence-corrected chi connectivity index (χ0v) is 10.1. The summed E-state index contributed by atoms with van der Waals surface area (Å²) >= 11 is 0. The summed E-state index contributed by atoms with van der Waals surface area (Å²) < 4.78 is 0. The molecule has 1 aromatic carbocycles. The van der Waals surface area contributed by atoms with Crippen LogP contribution >= 0.6 is 12.4 Å². The molecule has 1 aliphatic heterocycles. The molecule has 1 fully saturated rings. The molecule has 2 rings (SSSR count). The summed E-state index contributed by atoms with van der Waals surface area (Å²) in [5, 5.41) is 22.8. The summed E-state index contributed by atoms with van der Waals surface area (Å²) in [5.74, 6) is 0.244. The normalized spacial score (nSPS) is 29.5. The van der Waals surface area contributed by atoms with E-state index in [-0.39, 0.29) is 18.2 Å². The van der Waals surface area contributed by atoms with Gasteiger partial charge in [0.15, 0.2) is 0 Å². The molecule has 0 aromatic heterocycles. The number of halogens is 1. The number of aromatic hydroxyl groups is 1. The summed E-state index contributed by atoms with van der Waals surface area (Å²) in [6.45, 7) is 2.88. The Labute approximate surface area is 102 Å². The molecule has 1 aliphatic rings. The van der Waals surface area contributed by atoms with Gasteiger partial charge in [-0.1, -0.05) is 12.1 Å². The second kappa shape index (κ2) is 5.04. The van der Waals surface area contributed by atoms with Crippen LogP contribution < -0.4 is 5.32 Å². The highest BCUT2D eigenvalue weighted by molar-refractivity contribution is 5.85. The van der Waals surface area contributed by atoms with Crippen LogP contribution in [0.5, 0.6) is 5.75 Å². The highest BCUT2D eigenvalue weighted by Crippen LogP contribution is 2.31. The number of benzene rings is 1. The van der Waals surface area contributed by atoms with Crippen molar-refractivity contribution in [2.75, 3.05) is 6.54 Å². The van der Waals surface area contributed by atoms with E-state index in [0.29, 0.717) is 0 Å². The highest BCUT2D eigenvalue weighted by atomic mass is 35.5. The number of phenols is 1. The van der Waals surface area contributed by atoms with E-state index in [1.807, 2.05) is 13.0 Å². The number of aliphatic hydroxyl groups excluding tert-OH is 1. The van der Waals surface area contributed by atoms with Crippen LogP contribution in [0, 0.1) is 0 Å². The summed E-state index contributed by atoms with van der Waals surface area (Å²) in [6, 6.07) is 7.09. The van der Waals surface area contributed by atoms with E-state index in [4.69, 9.17) is 0 Å². The second-order valence-electron chi connectivity index (χ2n) is 4.34. The highest BCUT2D eigenvalue weighted by Gasteiger charge is 2.36. The summed E-state index contributed by atoms with van der Waals surface area (Å²) in [6.07, 6.45) is 1.41. The van der Waals surface area contributed by atoms with Gasteiger partial charge in [-0.2, -0.15) is 0 Å². The van der Waals surface area contributed by atoms with Gasteiger partial charge in [-0.15, -0.1) is 12.4 Å². The zero-order valence-electron chi connectivity index (χ0n) is 9.31. The Kier molecular flexibility index (Phi) is 4.19. The molecular weight excluding hydrogens is 226 g/mol. The summed E-state index contributed by atoms with van der Waals surface area (Å²) in [4.78, 5) is 0. The topological polar surface area (TPSA) is 52.5 Å². The number of phenolic OH excluding ortho intramolecular Hbond substituents is 1. The summed E-state index contributed by atoms with van der Waals surface area (Å²) in [7, 11) is 0. The van der Waals surface area contributed by atoms with Crippen molar-refractivity contribution >= 4 is 12.4 Å². The van der Waals surface area contributed by atoms with E-state index in [0.717, 1.165) is 24.9 Å². The van der Waals surface area contributed by atoms with E-state index in [1.54, 1.807) is 18.2 Å². The number of piperidine rings is 1. The average Bonchev–Trinajstić information content (AvgIpc) is 2.23. The maximum absolute atomic E-state index is 10.0. The van der Waals surface area contributed by atoms with Gasteiger partial charge in [-0.05, 0) is 44.0 Å². The molecule has 0 spiro atoms. The van der Waals surface area contributed by atoms with Crippen molar-refractivity contribution in [2.45, 2.75) is 31.4 Å². The smallest absolute Gasteiger partial charge is 0.115 e. The molecule has 0 radical (unpaired) electrons.